The Morgan fingerprint density at radius 1 is 1.33 bits per heavy atom. The van der Waals surface area contributed by atoms with Crippen molar-refractivity contribution in [2.75, 3.05) is 31.1 Å². The van der Waals surface area contributed by atoms with Gasteiger partial charge in [0.1, 0.15) is 0 Å². The first-order chi connectivity index (χ1) is 10.2. The Morgan fingerprint density at radius 2 is 2.14 bits per heavy atom. The lowest BCUT2D eigenvalue weighted by molar-refractivity contribution is -0.119. The van der Waals surface area contributed by atoms with E-state index in [1.54, 1.807) is 6.92 Å². The van der Waals surface area contributed by atoms with E-state index in [1.165, 1.54) is 36.1 Å². The number of fused-ring (bicyclic) bond motifs is 1. The normalized spacial score (nSPS) is 21.8. The Balaban J connectivity index is 1.76. The Kier molecular flexibility index (Phi) is 4.44. The molecule has 0 spiro atoms. The summed E-state index contributed by atoms with van der Waals surface area (Å²) in [6.07, 6.45) is 3.93. The molecule has 3 rings (SSSR count). The van der Waals surface area contributed by atoms with Crippen LogP contribution in [0.5, 0.6) is 0 Å². The van der Waals surface area contributed by atoms with Gasteiger partial charge in [-0.25, -0.2) is 0 Å². The van der Waals surface area contributed by atoms with E-state index >= 15 is 0 Å². The molecule has 4 heteroatoms. The number of hydrogen-bond donors (Lipinski definition) is 1. The summed E-state index contributed by atoms with van der Waals surface area (Å²) in [7, 11) is 0. The molecule has 1 fully saturated rings. The molecule has 1 aromatic carbocycles. The molecular formula is C17H24N2O2. The Labute approximate surface area is 126 Å². The number of rotatable bonds is 3. The molecule has 4 nitrogen and oxygen atoms in total. The van der Waals surface area contributed by atoms with Crippen molar-refractivity contribution in [2.24, 2.45) is 0 Å². The summed E-state index contributed by atoms with van der Waals surface area (Å²) in [6.45, 7) is 5.92. The standard InChI is InChI=1S/C17H24N2O2/c1-13(20)18-10-15-12-21-11-14-9-16(5-6-17(14)15)19-7-3-2-4-8-19/h5-6,9,15H,2-4,7-8,10-12H2,1H3,(H,18,20). The summed E-state index contributed by atoms with van der Waals surface area (Å²) >= 11 is 0. The molecule has 1 atom stereocenters. The smallest absolute Gasteiger partial charge is 0.216 e. The van der Waals surface area contributed by atoms with Crippen LogP contribution in [0.25, 0.3) is 0 Å². The van der Waals surface area contributed by atoms with Crippen molar-refractivity contribution in [3.63, 3.8) is 0 Å². The average Bonchev–Trinajstić information content (AvgIpc) is 2.53. The molecule has 1 unspecified atom stereocenters. The summed E-state index contributed by atoms with van der Waals surface area (Å²) < 4.78 is 5.71. The Bertz CT molecular complexity index is 510. The van der Waals surface area contributed by atoms with Crippen LogP contribution in [-0.2, 0) is 16.1 Å². The second kappa shape index (κ2) is 6.48. The number of piperidine rings is 1. The number of benzene rings is 1. The van der Waals surface area contributed by atoms with Crippen molar-refractivity contribution in [1.29, 1.82) is 0 Å². The third-order valence-electron chi connectivity index (χ3n) is 4.46. The average molecular weight is 288 g/mol. The lowest BCUT2D eigenvalue weighted by atomic mass is 9.92. The maximum absolute atomic E-state index is 11.1. The van der Waals surface area contributed by atoms with Gasteiger partial charge in [0.15, 0.2) is 0 Å². The molecule has 2 aliphatic rings. The number of carbonyl (C=O) groups is 1. The van der Waals surface area contributed by atoms with Gasteiger partial charge >= 0.3 is 0 Å². The van der Waals surface area contributed by atoms with Gasteiger partial charge in [-0.3, -0.25) is 4.79 Å². The van der Waals surface area contributed by atoms with E-state index in [1.807, 2.05) is 0 Å². The van der Waals surface area contributed by atoms with Crippen molar-refractivity contribution >= 4 is 11.6 Å². The second-order valence-corrected chi connectivity index (χ2v) is 6.08. The highest BCUT2D eigenvalue weighted by molar-refractivity contribution is 5.72. The van der Waals surface area contributed by atoms with Gasteiger partial charge in [0, 0.05) is 38.2 Å². The number of ether oxygens (including phenoxy) is 1. The van der Waals surface area contributed by atoms with Gasteiger partial charge in [-0.15, -0.1) is 0 Å². The molecule has 0 bridgehead atoms. The summed E-state index contributed by atoms with van der Waals surface area (Å²) in [5.41, 5.74) is 3.92. The van der Waals surface area contributed by atoms with E-state index in [0.717, 1.165) is 13.1 Å². The van der Waals surface area contributed by atoms with Crippen LogP contribution in [0.3, 0.4) is 0 Å². The van der Waals surface area contributed by atoms with Gasteiger partial charge in [-0.1, -0.05) is 6.07 Å². The van der Waals surface area contributed by atoms with E-state index in [0.29, 0.717) is 19.8 Å². The first-order valence-electron chi connectivity index (χ1n) is 7.94. The highest BCUT2D eigenvalue weighted by atomic mass is 16.5. The van der Waals surface area contributed by atoms with Gasteiger partial charge < -0.3 is 15.0 Å². The van der Waals surface area contributed by atoms with Crippen LogP contribution in [0.15, 0.2) is 18.2 Å². The zero-order valence-corrected chi connectivity index (χ0v) is 12.7. The zero-order chi connectivity index (χ0) is 14.7. The molecule has 0 radical (unpaired) electrons. The molecule has 114 valence electrons. The highest BCUT2D eigenvalue weighted by Gasteiger charge is 2.22. The number of hydrogen-bond acceptors (Lipinski definition) is 3. The van der Waals surface area contributed by atoms with Crippen LogP contribution in [0, 0.1) is 0 Å². The van der Waals surface area contributed by atoms with Crippen LogP contribution in [0.2, 0.25) is 0 Å². The van der Waals surface area contributed by atoms with E-state index < -0.39 is 0 Å². The first-order valence-corrected chi connectivity index (χ1v) is 7.94. The fraction of sp³-hybridized carbons (Fsp3) is 0.588. The monoisotopic (exact) mass is 288 g/mol. The number of carbonyl (C=O) groups excluding carboxylic acids is 1. The maximum atomic E-state index is 11.1. The zero-order valence-electron chi connectivity index (χ0n) is 12.7. The SMILES string of the molecule is CC(=O)NCC1COCc2cc(N3CCCCC3)ccc21. The van der Waals surface area contributed by atoms with Crippen LogP contribution in [-0.4, -0.2) is 32.1 Å². The lowest BCUT2D eigenvalue weighted by Crippen LogP contribution is -2.32. The van der Waals surface area contributed by atoms with Crippen LogP contribution in [0.1, 0.15) is 43.2 Å². The van der Waals surface area contributed by atoms with Crippen molar-refractivity contribution in [1.82, 2.24) is 5.32 Å². The predicted octanol–water partition coefficient (Wildman–Crippen LogP) is 2.43. The van der Waals surface area contributed by atoms with Crippen molar-refractivity contribution in [3.8, 4) is 0 Å². The quantitative estimate of drug-likeness (QED) is 0.929. The molecule has 0 aliphatic carbocycles. The van der Waals surface area contributed by atoms with Gasteiger partial charge in [0.2, 0.25) is 5.91 Å². The molecule has 2 aliphatic heterocycles. The van der Waals surface area contributed by atoms with Crippen LogP contribution < -0.4 is 10.2 Å². The molecule has 0 saturated carbocycles. The molecular weight excluding hydrogens is 264 g/mol. The van der Waals surface area contributed by atoms with Crippen molar-refractivity contribution < 1.29 is 9.53 Å². The summed E-state index contributed by atoms with van der Waals surface area (Å²) in [4.78, 5) is 13.6. The topological polar surface area (TPSA) is 41.6 Å². The largest absolute Gasteiger partial charge is 0.376 e. The van der Waals surface area contributed by atoms with Gasteiger partial charge in [0.05, 0.1) is 13.2 Å². The summed E-state index contributed by atoms with van der Waals surface area (Å²) in [5.74, 6) is 0.292. The minimum atomic E-state index is 0.0204. The summed E-state index contributed by atoms with van der Waals surface area (Å²) in [5, 5.41) is 2.90. The highest BCUT2D eigenvalue weighted by Crippen LogP contribution is 2.30. The van der Waals surface area contributed by atoms with E-state index in [-0.39, 0.29) is 11.8 Å². The maximum Gasteiger partial charge on any atom is 0.216 e. The number of amides is 1. The number of nitrogens with one attached hydrogen (secondary N) is 1. The minimum Gasteiger partial charge on any atom is -0.376 e. The van der Waals surface area contributed by atoms with Crippen LogP contribution >= 0.6 is 0 Å². The second-order valence-electron chi connectivity index (χ2n) is 6.08. The number of nitrogens with zero attached hydrogens (tertiary/aromatic N) is 1. The van der Waals surface area contributed by atoms with Gasteiger partial charge in [-0.2, -0.15) is 0 Å². The minimum absolute atomic E-state index is 0.0204. The Hall–Kier alpha value is -1.55. The van der Waals surface area contributed by atoms with Gasteiger partial charge in [-0.05, 0) is 42.5 Å². The molecule has 1 amide bonds. The van der Waals surface area contributed by atoms with Gasteiger partial charge in [0.25, 0.3) is 0 Å². The predicted molar refractivity (Wildman–Crippen MR) is 83.6 cm³/mol. The fourth-order valence-electron chi connectivity index (χ4n) is 3.30. The molecule has 0 aromatic heterocycles. The fourth-order valence-corrected chi connectivity index (χ4v) is 3.30. The van der Waals surface area contributed by atoms with E-state index in [9.17, 15) is 4.79 Å². The molecule has 21 heavy (non-hydrogen) atoms. The molecule has 2 heterocycles. The summed E-state index contributed by atoms with van der Waals surface area (Å²) in [6, 6.07) is 6.74. The van der Waals surface area contributed by atoms with Crippen molar-refractivity contribution in [2.45, 2.75) is 38.7 Å². The molecule has 1 aromatic rings. The third kappa shape index (κ3) is 3.38. The first kappa shape index (κ1) is 14.4. The molecule has 1 saturated heterocycles. The molecule has 1 N–H and O–H groups in total. The Morgan fingerprint density at radius 3 is 2.90 bits per heavy atom. The number of anilines is 1. The lowest BCUT2D eigenvalue weighted by Gasteiger charge is -2.31. The van der Waals surface area contributed by atoms with E-state index in [4.69, 9.17) is 4.74 Å². The van der Waals surface area contributed by atoms with Crippen LogP contribution in [0.4, 0.5) is 5.69 Å². The third-order valence-corrected chi connectivity index (χ3v) is 4.46. The van der Waals surface area contributed by atoms with Crippen molar-refractivity contribution in [3.05, 3.63) is 29.3 Å². The van der Waals surface area contributed by atoms with E-state index in [2.05, 4.69) is 28.4 Å².